The number of carbonyl (C=O) groups excluding carboxylic acids is 1. The van der Waals surface area contributed by atoms with E-state index in [1.165, 1.54) is 9.77 Å². The minimum atomic E-state index is 0.225. The molecule has 1 saturated heterocycles. The first-order valence-electron chi connectivity index (χ1n) is 9.05. The predicted molar refractivity (Wildman–Crippen MR) is 106 cm³/mol. The van der Waals surface area contributed by atoms with E-state index in [4.69, 9.17) is 10.4 Å². The minimum Gasteiger partial charge on any atom is -0.345 e. The second kappa shape index (κ2) is 7.85. The van der Waals surface area contributed by atoms with E-state index in [2.05, 4.69) is 28.3 Å². The van der Waals surface area contributed by atoms with Crippen molar-refractivity contribution in [1.29, 1.82) is 5.41 Å². The molecular weight excluding hydrogens is 380 g/mol. The molecule has 1 aliphatic rings. The molecule has 9 heteroatoms. The molecule has 1 amide bonds. The fourth-order valence-corrected chi connectivity index (χ4v) is 5.33. The van der Waals surface area contributed by atoms with Gasteiger partial charge in [-0.15, -0.1) is 11.3 Å². The molecule has 1 fully saturated rings. The SMILES string of the molecule is Cc1ccsc1Sc1nc2c([nH]1)c(=N)ncn2CCC1CCN(C=O)CC1. The van der Waals surface area contributed by atoms with Crippen LogP contribution in [0, 0.1) is 18.3 Å². The third kappa shape index (κ3) is 3.93. The van der Waals surface area contributed by atoms with Crippen molar-refractivity contribution < 1.29 is 4.79 Å². The summed E-state index contributed by atoms with van der Waals surface area (Å²) in [5.74, 6) is 0.612. The molecule has 0 aliphatic carbocycles. The molecule has 7 nitrogen and oxygen atoms in total. The van der Waals surface area contributed by atoms with Crippen LogP contribution in [0.2, 0.25) is 0 Å². The van der Waals surface area contributed by atoms with Gasteiger partial charge in [-0.25, -0.2) is 9.97 Å². The summed E-state index contributed by atoms with van der Waals surface area (Å²) in [6.07, 6.45) is 5.79. The van der Waals surface area contributed by atoms with Crippen LogP contribution >= 0.6 is 23.1 Å². The van der Waals surface area contributed by atoms with Gasteiger partial charge in [-0.05, 0) is 60.9 Å². The summed E-state index contributed by atoms with van der Waals surface area (Å²) in [6.45, 7) is 4.61. The number of fused-ring (bicyclic) bond motifs is 1. The zero-order valence-corrected chi connectivity index (χ0v) is 16.8. The second-order valence-electron chi connectivity index (χ2n) is 6.89. The van der Waals surface area contributed by atoms with Crippen LogP contribution < -0.4 is 5.49 Å². The third-order valence-corrected chi connectivity index (χ3v) is 7.32. The molecule has 0 bridgehead atoms. The van der Waals surface area contributed by atoms with Crippen molar-refractivity contribution in [1.82, 2.24) is 24.4 Å². The minimum absolute atomic E-state index is 0.225. The van der Waals surface area contributed by atoms with Crippen molar-refractivity contribution in [2.75, 3.05) is 13.1 Å². The number of hydrogen-bond donors (Lipinski definition) is 2. The number of nitrogens with one attached hydrogen (secondary N) is 2. The lowest BCUT2D eigenvalue weighted by Crippen LogP contribution is -2.32. The standard InChI is InChI=1S/C18H22N6OS2/c1-12-5-9-26-17(12)27-18-21-14-15(19)20-10-24(16(14)22-18)8-4-13-2-6-23(11-25)7-3-13/h5,9-11,13,19H,2-4,6-8H2,1H3,(H,21,22). The molecule has 0 spiro atoms. The number of piperidine rings is 1. The number of H-pyrrole nitrogens is 1. The lowest BCUT2D eigenvalue weighted by molar-refractivity contribution is -0.119. The average Bonchev–Trinajstić information content (AvgIpc) is 3.29. The average molecular weight is 403 g/mol. The maximum Gasteiger partial charge on any atom is 0.209 e. The summed E-state index contributed by atoms with van der Waals surface area (Å²) in [6, 6.07) is 2.10. The van der Waals surface area contributed by atoms with Crippen LogP contribution in [0.4, 0.5) is 0 Å². The largest absolute Gasteiger partial charge is 0.345 e. The number of carbonyl (C=O) groups is 1. The third-order valence-electron chi connectivity index (χ3n) is 5.08. The zero-order chi connectivity index (χ0) is 18.8. The van der Waals surface area contributed by atoms with E-state index < -0.39 is 0 Å². The highest BCUT2D eigenvalue weighted by Crippen LogP contribution is 2.33. The topological polar surface area (TPSA) is 90.7 Å². The van der Waals surface area contributed by atoms with Crippen LogP contribution in [0.25, 0.3) is 11.2 Å². The van der Waals surface area contributed by atoms with E-state index in [0.717, 1.165) is 56.1 Å². The number of likely N-dealkylation sites (tertiary alicyclic amines) is 1. The molecule has 1 aliphatic heterocycles. The van der Waals surface area contributed by atoms with Gasteiger partial charge in [0.2, 0.25) is 6.41 Å². The summed E-state index contributed by atoms with van der Waals surface area (Å²) < 4.78 is 3.25. The van der Waals surface area contributed by atoms with Crippen LogP contribution in [0.15, 0.2) is 27.1 Å². The Bertz CT molecular complexity index is 999. The number of aryl methyl sites for hydroxylation is 2. The Morgan fingerprint density at radius 1 is 1.44 bits per heavy atom. The number of imidazole rings is 1. The first-order chi connectivity index (χ1) is 13.1. The van der Waals surface area contributed by atoms with E-state index in [9.17, 15) is 4.79 Å². The summed E-state index contributed by atoms with van der Waals surface area (Å²) in [7, 11) is 0. The van der Waals surface area contributed by atoms with E-state index in [1.807, 2.05) is 9.47 Å². The summed E-state index contributed by atoms with van der Waals surface area (Å²) in [5.41, 5.74) is 2.94. The van der Waals surface area contributed by atoms with Gasteiger partial charge in [0, 0.05) is 19.6 Å². The Morgan fingerprint density at radius 2 is 2.26 bits per heavy atom. The van der Waals surface area contributed by atoms with Crippen LogP contribution in [0.5, 0.6) is 0 Å². The molecule has 3 aromatic heterocycles. The van der Waals surface area contributed by atoms with E-state index >= 15 is 0 Å². The molecule has 0 saturated carbocycles. The number of nitrogens with zero attached hydrogens (tertiary/aromatic N) is 4. The van der Waals surface area contributed by atoms with Crippen molar-refractivity contribution >= 4 is 40.7 Å². The smallest absolute Gasteiger partial charge is 0.209 e. The fourth-order valence-electron chi connectivity index (χ4n) is 3.39. The first kappa shape index (κ1) is 18.2. The maximum atomic E-state index is 10.8. The summed E-state index contributed by atoms with van der Waals surface area (Å²) in [4.78, 5) is 24.9. The maximum absolute atomic E-state index is 10.8. The lowest BCUT2D eigenvalue weighted by atomic mass is 9.94. The molecule has 0 unspecified atom stereocenters. The van der Waals surface area contributed by atoms with Gasteiger partial charge >= 0.3 is 0 Å². The van der Waals surface area contributed by atoms with Gasteiger partial charge in [-0.3, -0.25) is 10.2 Å². The number of thiophene rings is 1. The molecule has 4 heterocycles. The fraction of sp³-hybridized carbons (Fsp3) is 0.444. The molecule has 0 aromatic carbocycles. The number of hydrogen-bond acceptors (Lipinski definition) is 6. The molecule has 2 N–H and O–H groups in total. The quantitative estimate of drug-likeness (QED) is 0.620. The Kier molecular flexibility index (Phi) is 5.31. The van der Waals surface area contributed by atoms with E-state index in [0.29, 0.717) is 11.4 Å². The molecule has 4 rings (SSSR count). The van der Waals surface area contributed by atoms with Crippen molar-refractivity contribution in [2.45, 2.75) is 42.1 Å². The van der Waals surface area contributed by atoms with Crippen molar-refractivity contribution in [3.05, 3.63) is 28.8 Å². The number of aromatic nitrogens is 4. The van der Waals surface area contributed by atoms with Crippen LogP contribution in [-0.4, -0.2) is 43.9 Å². The molecular formula is C18H22N6OS2. The normalized spacial score (nSPS) is 15.5. The van der Waals surface area contributed by atoms with Crippen molar-refractivity contribution in [3.8, 4) is 0 Å². The molecule has 3 aromatic rings. The summed E-state index contributed by atoms with van der Waals surface area (Å²) in [5, 5.41) is 11.0. The molecule has 0 atom stereocenters. The van der Waals surface area contributed by atoms with Crippen LogP contribution in [0.1, 0.15) is 24.8 Å². The monoisotopic (exact) mass is 402 g/mol. The van der Waals surface area contributed by atoms with Gasteiger partial charge in [-0.1, -0.05) is 0 Å². The number of rotatable bonds is 6. The van der Waals surface area contributed by atoms with Crippen molar-refractivity contribution in [3.63, 3.8) is 0 Å². The molecule has 0 radical (unpaired) electrons. The summed E-state index contributed by atoms with van der Waals surface area (Å²) >= 11 is 3.30. The van der Waals surface area contributed by atoms with Crippen LogP contribution in [-0.2, 0) is 11.3 Å². The Balaban J connectivity index is 1.51. The molecule has 142 valence electrons. The highest BCUT2D eigenvalue weighted by atomic mass is 32.2. The Labute approximate surface area is 165 Å². The predicted octanol–water partition coefficient (Wildman–Crippen LogP) is 3.02. The molecule has 27 heavy (non-hydrogen) atoms. The second-order valence-corrected chi connectivity index (χ2v) is 9.07. The highest BCUT2D eigenvalue weighted by molar-refractivity contribution is 8.01. The van der Waals surface area contributed by atoms with Gasteiger partial charge in [-0.2, -0.15) is 0 Å². The Morgan fingerprint density at radius 3 is 2.96 bits per heavy atom. The van der Waals surface area contributed by atoms with E-state index in [-0.39, 0.29) is 5.49 Å². The first-order valence-corrected chi connectivity index (χ1v) is 10.7. The highest BCUT2D eigenvalue weighted by Gasteiger charge is 2.18. The van der Waals surface area contributed by atoms with E-state index in [1.54, 1.807) is 29.4 Å². The Hall–Kier alpha value is -2.13. The van der Waals surface area contributed by atoms with Crippen molar-refractivity contribution in [2.24, 2.45) is 5.92 Å². The zero-order valence-electron chi connectivity index (χ0n) is 15.1. The van der Waals surface area contributed by atoms with Gasteiger partial charge in [0.25, 0.3) is 0 Å². The van der Waals surface area contributed by atoms with Gasteiger partial charge in [0.05, 0.1) is 10.5 Å². The van der Waals surface area contributed by atoms with Gasteiger partial charge in [0.1, 0.15) is 5.52 Å². The lowest BCUT2D eigenvalue weighted by Gasteiger charge is -2.29. The van der Waals surface area contributed by atoms with Gasteiger partial charge in [0.15, 0.2) is 16.3 Å². The van der Waals surface area contributed by atoms with Crippen LogP contribution in [0.3, 0.4) is 0 Å². The number of amides is 1. The number of aromatic amines is 1. The van der Waals surface area contributed by atoms with Gasteiger partial charge < -0.3 is 14.5 Å².